The average molecular weight is 294 g/mol. The minimum absolute atomic E-state index is 0.0163. The Balaban J connectivity index is 1.66. The topological polar surface area (TPSA) is 69.6 Å². The van der Waals surface area contributed by atoms with Crippen molar-refractivity contribution in [3.05, 3.63) is 17.0 Å². The van der Waals surface area contributed by atoms with Crippen molar-refractivity contribution in [1.29, 1.82) is 0 Å². The van der Waals surface area contributed by atoms with Crippen LogP contribution in [0.1, 0.15) is 35.4 Å². The minimum Gasteiger partial charge on any atom is -0.394 e. The summed E-state index contributed by atoms with van der Waals surface area (Å²) < 4.78 is 0. The van der Waals surface area contributed by atoms with E-state index in [1.807, 2.05) is 0 Å². The second kappa shape index (κ2) is 5.54. The van der Waals surface area contributed by atoms with E-state index >= 15 is 0 Å². The molecule has 5 nitrogen and oxygen atoms in total. The summed E-state index contributed by atoms with van der Waals surface area (Å²) >= 11 is 1.31. The van der Waals surface area contributed by atoms with Crippen LogP contribution in [0.5, 0.6) is 0 Å². The van der Waals surface area contributed by atoms with Gasteiger partial charge in [-0.3, -0.25) is 9.59 Å². The predicted molar refractivity (Wildman–Crippen MR) is 76.8 cm³/mol. The van der Waals surface area contributed by atoms with Gasteiger partial charge in [-0.2, -0.15) is 0 Å². The number of nitrogens with zero attached hydrogens (tertiary/aromatic N) is 1. The molecule has 2 heterocycles. The van der Waals surface area contributed by atoms with Crippen LogP contribution in [0.3, 0.4) is 0 Å². The van der Waals surface area contributed by atoms with Crippen LogP contribution >= 0.6 is 11.3 Å². The van der Waals surface area contributed by atoms with E-state index in [0.717, 1.165) is 30.7 Å². The zero-order valence-electron chi connectivity index (χ0n) is 11.2. The number of anilines is 1. The van der Waals surface area contributed by atoms with Crippen LogP contribution in [0.2, 0.25) is 0 Å². The standard InChI is InChI=1S/C14H18N2O3S/c17-8-10-2-1-7-16(10)14(19)11-5-6-12(20-11)15-13(18)9-3-4-9/h5-6,9-10,17H,1-4,7-8H2,(H,15,18)/t10-/m1/s1. The van der Waals surface area contributed by atoms with Gasteiger partial charge in [0.05, 0.1) is 22.5 Å². The van der Waals surface area contributed by atoms with Crippen molar-refractivity contribution >= 4 is 28.2 Å². The number of nitrogens with one attached hydrogen (secondary N) is 1. The van der Waals surface area contributed by atoms with Crippen molar-refractivity contribution in [2.45, 2.75) is 31.7 Å². The molecule has 0 unspecified atom stereocenters. The maximum absolute atomic E-state index is 12.4. The largest absolute Gasteiger partial charge is 0.394 e. The van der Waals surface area contributed by atoms with Gasteiger partial charge >= 0.3 is 0 Å². The third-order valence-electron chi connectivity index (χ3n) is 3.86. The lowest BCUT2D eigenvalue weighted by molar-refractivity contribution is -0.117. The van der Waals surface area contributed by atoms with Crippen molar-refractivity contribution in [3.63, 3.8) is 0 Å². The highest BCUT2D eigenvalue weighted by Gasteiger charge is 2.31. The van der Waals surface area contributed by atoms with Crippen molar-refractivity contribution in [2.24, 2.45) is 5.92 Å². The van der Waals surface area contributed by atoms with Crippen LogP contribution in [-0.2, 0) is 4.79 Å². The molecule has 2 aliphatic rings. The highest BCUT2D eigenvalue weighted by Crippen LogP contribution is 2.32. The molecule has 0 bridgehead atoms. The second-order valence-electron chi connectivity index (χ2n) is 5.40. The SMILES string of the molecule is O=C(Nc1ccc(C(=O)N2CCC[C@@H]2CO)s1)C1CC1. The first kappa shape index (κ1) is 13.6. The Morgan fingerprint density at radius 2 is 2.15 bits per heavy atom. The normalized spacial score (nSPS) is 22.1. The van der Waals surface area contributed by atoms with Gasteiger partial charge in [-0.1, -0.05) is 0 Å². The zero-order valence-corrected chi connectivity index (χ0v) is 12.0. The fourth-order valence-electron chi connectivity index (χ4n) is 2.52. The first-order chi connectivity index (χ1) is 9.69. The molecule has 0 aromatic carbocycles. The molecule has 6 heteroatoms. The van der Waals surface area contributed by atoms with Gasteiger partial charge in [0.2, 0.25) is 5.91 Å². The third-order valence-corrected chi connectivity index (χ3v) is 4.85. The monoisotopic (exact) mass is 294 g/mol. The maximum Gasteiger partial charge on any atom is 0.264 e. The maximum atomic E-state index is 12.4. The molecular weight excluding hydrogens is 276 g/mol. The molecule has 1 aliphatic carbocycles. The lowest BCUT2D eigenvalue weighted by atomic mass is 10.2. The summed E-state index contributed by atoms with van der Waals surface area (Å²) in [5, 5.41) is 12.9. The number of likely N-dealkylation sites (tertiary alicyclic amines) is 1. The second-order valence-corrected chi connectivity index (χ2v) is 6.49. The molecule has 1 saturated heterocycles. The van der Waals surface area contributed by atoms with Gasteiger partial charge in [-0.05, 0) is 37.8 Å². The summed E-state index contributed by atoms with van der Waals surface area (Å²) in [6.07, 6.45) is 3.73. The number of carbonyl (C=O) groups excluding carboxylic acids is 2. The summed E-state index contributed by atoms with van der Waals surface area (Å²) in [6, 6.07) is 3.47. The Labute approximate surface area is 121 Å². The molecule has 108 valence electrons. The van der Waals surface area contributed by atoms with Crippen LogP contribution in [0.15, 0.2) is 12.1 Å². The quantitative estimate of drug-likeness (QED) is 0.888. The fraction of sp³-hybridized carbons (Fsp3) is 0.571. The lowest BCUT2D eigenvalue weighted by Gasteiger charge is -2.22. The predicted octanol–water partition coefficient (Wildman–Crippen LogP) is 1.69. The molecule has 20 heavy (non-hydrogen) atoms. The number of aliphatic hydroxyl groups excluding tert-OH is 1. The first-order valence-corrected chi connectivity index (χ1v) is 7.83. The molecule has 2 fully saturated rings. The number of amides is 2. The molecule has 0 spiro atoms. The first-order valence-electron chi connectivity index (χ1n) is 7.01. The number of carbonyl (C=O) groups is 2. The van der Waals surface area contributed by atoms with E-state index in [4.69, 9.17) is 0 Å². The van der Waals surface area contributed by atoms with E-state index in [1.165, 1.54) is 11.3 Å². The van der Waals surface area contributed by atoms with Crippen LogP contribution in [0, 0.1) is 5.92 Å². The van der Waals surface area contributed by atoms with Gasteiger partial charge in [-0.15, -0.1) is 11.3 Å². The molecular formula is C14H18N2O3S. The van der Waals surface area contributed by atoms with E-state index in [1.54, 1.807) is 17.0 Å². The zero-order chi connectivity index (χ0) is 14.1. The lowest BCUT2D eigenvalue weighted by Crippen LogP contribution is -2.37. The Morgan fingerprint density at radius 1 is 1.35 bits per heavy atom. The molecule has 1 aromatic heterocycles. The highest BCUT2D eigenvalue weighted by molar-refractivity contribution is 7.18. The van der Waals surface area contributed by atoms with Gasteiger partial charge in [0.1, 0.15) is 0 Å². The van der Waals surface area contributed by atoms with E-state index in [9.17, 15) is 14.7 Å². The smallest absolute Gasteiger partial charge is 0.264 e. The van der Waals surface area contributed by atoms with E-state index in [-0.39, 0.29) is 30.4 Å². The molecule has 1 aromatic rings. The summed E-state index contributed by atoms with van der Waals surface area (Å²) in [7, 11) is 0. The van der Waals surface area contributed by atoms with E-state index < -0.39 is 0 Å². The third kappa shape index (κ3) is 2.71. The van der Waals surface area contributed by atoms with Gasteiger partial charge in [0.15, 0.2) is 0 Å². The van der Waals surface area contributed by atoms with Crippen molar-refractivity contribution < 1.29 is 14.7 Å². The Hall–Kier alpha value is -1.40. The highest BCUT2D eigenvalue weighted by atomic mass is 32.1. The summed E-state index contributed by atoms with van der Waals surface area (Å²) in [5.41, 5.74) is 0. The van der Waals surface area contributed by atoms with Gasteiger partial charge < -0.3 is 15.3 Å². The van der Waals surface area contributed by atoms with E-state index in [2.05, 4.69) is 5.32 Å². The Bertz CT molecular complexity index is 524. The van der Waals surface area contributed by atoms with Gasteiger partial charge in [0.25, 0.3) is 5.91 Å². The van der Waals surface area contributed by atoms with Crippen LogP contribution < -0.4 is 5.32 Å². The number of hydrogen-bond donors (Lipinski definition) is 2. The molecule has 1 atom stereocenters. The molecule has 2 N–H and O–H groups in total. The average Bonchev–Trinajstić information content (AvgIpc) is 3.02. The van der Waals surface area contributed by atoms with Crippen molar-refractivity contribution in [1.82, 2.24) is 4.90 Å². The van der Waals surface area contributed by atoms with Crippen LogP contribution in [0.25, 0.3) is 0 Å². The Morgan fingerprint density at radius 3 is 2.85 bits per heavy atom. The fourth-order valence-corrected chi connectivity index (χ4v) is 3.39. The molecule has 1 saturated carbocycles. The summed E-state index contributed by atoms with van der Waals surface area (Å²) in [6.45, 7) is 0.716. The number of rotatable bonds is 4. The molecule has 2 amide bonds. The number of thiophene rings is 1. The van der Waals surface area contributed by atoms with Gasteiger partial charge in [-0.25, -0.2) is 0 Å². The van der Waals surface area contributed by atoms with Gasteiger partial charge in [0, 0.05) is 12.5 Å². The minimum atomic E-state index is -0.0610. The molecule has 0 radical (unpaired) electrons. The summed E-state index contributed by atoms with van der Waals surface area (Å²) in [5.74, 6) is 0.173. The molecule has 1 aliphatic heterocycles. The van der Waals surface area contributed by atoms with E-state index in [0.29, 0.717) is 11.4 Å². The Kier molecular flexibility index (Phi) is 3.76. The van der Waals surface area contributed by atoms with Crippen molar-refractivity contribution in [2.75, 3.05) is 18.5 Å². The van der Waals surface area contributed by atoms with Crippen LogP contribution in [0.4, 0.5) is 5.00 Å². The molecule has 3 rings (SSSR count). The number of aliphatic hydroxyl groups is 1. The van der Waals surface area contributed by atoms with Crippen LogP contribution in [-0.4, -0.2) is 41.0 Å². The van der Waals surface area contributed by atoms with Crippen molar-refractivity contribution in [3.8, 4) is 0 Å². The summed E-state index contributed by atoms with van der Waals surface area (Å²) in [4.78, 5) is 26.4. The number of hydrogen-bond acceptors (Lipinski definition) is 4.